The lowest BCUT2D eigenvalue weighted by molar-refractivity contribution is -0.198. The molecule has 0 aromatic heterocycles. The lowest BCUT2D eigenvalue weighted by Crippen LogP contribution is -2.43. The van der Waals surface area contributed by atoms with Gasteiger partial charge in [0, 0.05) is 4.47 Å². The number of carbonyl (C=O) groups excluding carboxylic acids is 1. The van der Waals surface area contributed by atoms with E-state index in [1.807, 2.05) is 0 Å². The standard InChI is InChI=1S/C10H6BrF3O3/c11-6-2-1-3-7(4-6)17-8(15)9(5-16-9)10(12,13)14/h1-4H,5H2. The van der Waals surface area contributed by atoms with Crippen molar-refractivity contribution in [1.29, 1.82) is 0 Å². The van der Waals surface area contributed by atoms with Crippen LogP contribution in [-0.2, 0) is 9.53 Å². The van der Waals surface area contributed by atoms with E-state index in [9.17, 15) is 18.0 Å². The van der Waals surface area contributed by atoms with Gasteiger partial charge in [-0.1, -0.05) is 22.0 Å². The van der Waals surface area contributed by atoms with Crippen LogP contribution in [0.15, 0.2) is 28.7 Å². The van der Waals surface area contributed by atoms with Gasteiger partial charge in [0.1, 0.15) is 5.75 Å². The molecule has 1 aromatic carbocycles. The number of rotatable bonds is 2. The molecule has 3 nitrogen and oxygen atoms in total. The van der Waals surface area contributed by atoms with Crippen molar-refractivity contribution < 1.29 is 27.4 Å². The number of hydrogen-bond acceptors (Lipinski definition) is 3. The second-order valence-electron chi connectivity index (χ2n) is 3.46. The first-order chi connectivity index (χ1) is 7.85. The molecule has 1 saturated heterocycles. The Morgan fingerprint density at radius 2 is 2.12 bits per heavy atom. The Labute approximate surface area is 103 Å². The molecule has 1 aliphatic rings. The summed E-state index contributed by atoms with van der Waals surface area (Å²) in [6.45, 7) is -0.691. The van der Waals surface area contributed by atoms with Gasteiger partial charge >= 0.3 is 12.1 Å². The van der Waals surface area contributed by atoms with Crippen molar-refractivity contribution in [3.63, 3.8) is 0 Å². The van der Waals surface area contributed by atoms with E-state index in [2.05, 4.69) is 25.4 Å². The Kier molecular flexibility index (Phi) is 2.90. The summed E-state index contributed by atoms with van der Waals surface area (Å²) in [5.74, 6) is -1.41. The number of alkyl halides is 3. The maximum atomic E-state index is 12.5. The Bertz CT molecular complexity index is 454. The molecule has 2 rings (SSSR count). The van der Waals surface area contributed by atoms with Crippen molar-refractivity contribution >= 4 is 21.9 Å². The summed E-state index contributed by atoms with van der Waals surface area (Å²) in [7, 11) is 0. The van der Waals surface area contributed by atoms with E-state index in [4.69, 9.17) is 0 Å². The normalized spacial score (nSPS) is 23.3. The molecule has 0 N–H and O–H groups in total. The second kappa shape index (κ2) is 3.99. The predicted octanol–water partition coefficient (Wildman–Crippen LogP) is 2.69. The van der Waals surface area contributed by atoms with Gasteiger partial charge < -0.3 is 9.47 Å². The predicted molar refractivity (Wildman–Crippen MR) is 54.5 cm³/mol. The van der Waals surface area contributed by atoms with Crippen molar-refractivity contribution in [2.24, 2.45) is 0 Å². The average molecular weight is 311 g/mol. The Morgan fingerprint density at radius 3 is 2.59 bits per heavy atom. The number of hydrogen-bond donors (Lipinski definition) is 0. The van der Waals surface area contributed by atoms with Crippen LogP contribution in [0.25, 0.3) is 0 Å². The van der Waals surface area contributed by atoms with Crippen molar-refractivity contribution in [2.75, 3.05) is 6.61 Å². The zero-order valence-electron chi connectivity index (χ0n) is 8.25. The fourth-order valence-corrected chi connectivity index (χ4v) is 1.57. The van der Waals surface area contributed by atoms with Gasteiger partial charge in [-0.15, -0.1) is 0 Å². The molecule has 0 spiro atoms. The van der Waals surface area contributed by atoms with Gasteiger partial charge in [-0.05, 0) is 18.2 Å². The molecule has 0 saturated carbocycles. The van der Waals surface area contributed by atoms with E-state index in [-0.39, 0.29) is 5.75 Å². The largest absolute Gasteiger partial charge is 0.430 e. The van der Waals surface area contributed by atoms with Crippen LogP contribution in [0, 0.1) is 0 Å². The summed E-state index contributed by atoms with van der Waals surface area (Å²) in [5.41, 5.74) is -2.78. The molecule has 1 aromatic rings. The zero-order valence-corrected chi connectivity index (χ0v) is 9.84. The third kappa shape index (κ3) is 2.30. The smallest absolute Gasteiger partial charge is 0.424 e. The van der Waals surface area contributed by atoms with Crippen LogP contribution in [0.4, 0.5) is 13.2 Å². The molecule has 1 fully saturated rings. The van der Waals surface area contributed by atoms with E-state index in [1.165, 1.54) is 12.1 Å². The van der Waals surface area contributed by atoms with E-state index in [0.717, 1.165) is 0 Å². The second-order valence-corrected chi connectivity index (χ2v) is 4.38. The van der Waals surface area contributed by atoms with Gasteiger partial charge in [-0.3, -0.25) is 0 Å². The van der Waals surface area contributed by atoms with Gasteiger partial charge in [0.15, 0.2) is 0 Å². The Morgan fingerprint density at radius 1 is 1.47 bits per heavy atom. The van der Waals surface area contributed by atoms with Crippen LogP contribution < -0.4 is 4.74 Å². The molecule has 0 bridgehead atoms. The quantitative estimate of drug-likeness (QED) is 0.479. The average Bonchev–Trinajstić information content (AvgIpc) is 2.96. The summed E-state index contributed by atoms with van der Waals surface area (Å²) < 4.78 is 46.9. The maximum absolute atomic E-state index is 12.5. The van der Waals surface area contributed by atoms with Gasteiger partial charge in [-0.2, -0.15) is 13.2 Å². The lowest BCUT2D eigenvalue weighted by atomic mass is 10.1. The molecule has 1 unspecified atom stereocenters. The van der Waals surface area contributed by atoms with E-state index < -0.39 is 24.4 Å². The molecular weight excluding hydrogens is 305 g/mol. The molecule has 1 atom stereocenters. The van der Waals surface area contributed by atoms with Crippen LogP contribution in [-0.4, -0.2) is 24.4 Å². The summed E-state index contributed by atoms with van der Waals surface area (Å²) in [4.78, 5) is 11.4. The number of carbonyl (C=O) groups is 1. The number of epoxide rings is 1. The molecule has 0 amide bonds. The minimum absolute atomic E-state index is 0.0310. The van der Waals surface area contributed by atoms with Crippen molar-refractivity contribution in [1.82, 2.24) is 0 Å². The van der Waals surface area contributed by atoms with Crippen LogP contribution >= 0.6 is 15.9 Å². The first kappa shape index (κ1) is 12.4. The minimum Gasteiger partial charge on any atom is -0.424 e. The highest BCUT2D eigenvalue weighted by molar-refractivity contribution is 9.10. The van der Waals surface area contributed by atoms with E-state index in [1.54, 1.807) is 12.1 Å². The van der Waals surface area contributed by atoms with Crippen LogP contribution in [0.5, 0.6) is 5.75 Å². The van der Waals surface area contributed by atoms with Crippen LogP contribution in [0.2, 0.25) is 0 Å². The highest BCUT2D eigenvalue weighted by Crippen LogP contribution is 2.44. The SMILES string of the molecule is O=C(Oc1cccc(Br)c1)C1(C(F)(F)F)CO1. The molecule has 0 radical (unpaired) electrons. The number of ether oxygens (including phenoxy) is 2. The highest BCUT2D eigenvalue weighted by atomic mass is 79.9. The first-order valence-corrected chi connectivity index (χ1v) is 5.33. The summed E-state index contributed by atoms with van der Waals surface area (Å²) in [6, 6.07) is 5.98. The first-order valence-electron chi connectivity index (χ1n) is 4.54. The van der Waals surface area contributed by atoms with Crippen LogP contribution in [0.3, 0.4) is 0 Å². The van der Waals surface area contributed by atoms with Crippen molar-refractivity contribution in [3.8, 4) is 5.75 Å². The molecule has 0 aliphatic carbocycles. The highest BCUT2D eigenvalue weighted by Gasteiger charge is 2.73. The lowest BCUT2D eigenvalue weighted by Gasteiger charge is -2.14. The summed E-state index contributed by atoms with van der Waals surface area (Å²) in [5, 5.41) is 0. The fourth-order valence-electron chi connectivity index (χ4n) is 1.19. The van der Waals surface area contributed by atoms with Crippen molar-refractivity contribution in [2.45, 2.75) is 11.8 Å². The minimum atomic E-state index is -4.75. The summed E-state index contributed by atoms with van der Waals surface area (Å²) in [6.07, 6.45) is -4.75. The topological polar surface area (TPSA) is 38.8 Å². The third-order valence-corrected chi connectivity index (χ3v) is 2.72. The van der Waals surface area contributed by atoms with Crippen molar-refractivity contribution in [3.05, 3.63) is 28.7 Å². The molecular formula is C10H6BrF3O3. The van der Waals surface area contributed by atoms with Gasteiger partial charge in [-0.25, -0.2) is 4.79 Å². The van der Waals surface area contributed by atoms with Gasteiger partial charge in [0.05, 0.1) is 6.61 Å². The number of benzene rings is 1. The zero-order chi connectivity index (χ0) is 12.7. The number of halogens is 4. The fraction of sp³-hybridized carbons (Fsp3) is 0.300. The van der Waals surface area contributed by atoms with E-state index >= 15 is 0 Å². The monoisotopic (exact) mass is 310 g/mol. The van der Waals surface area contributed by atoms with Gasteiger partial charge in [0.2, 0.25) is 0 Å². The van der Waals surface area contributed by atoms with Crippen LogP contribution in [0.1, 0.15) is 0 Å². The molecule has 92 valence electrons. The third-order valence-electron chi connectivity index (χ3n) is 2.23. The molecule has 1 aliphatic heterocycles. The Balaban J connectivity index is 2.13. The molecule has 17 heavy (non-hydrogen) atoms. The number of esters is 1. The maximum Gasteiger partial charge on any atom is 0.430 e. The summed E-state index contributed by atoms with van der Waals surface area (Å²) >= 11 is 3.11. The Hall–Kier alpha value is -1.08. The molecule has 7 heteroatoms. The van der Waals surface area contributed by atoms with E-state index in [0.29, 0.717) is 4.47 Å². The molecule has 1 heterocycles. The van der Waals surface area contributed by atoms with Gasteiger partial charge in [0.25, 0.3) is 5.60 Å².